The zero-order valence-corrected chi connectivity index (χ0v) is 16.9. The van der Waals surface area contributed by atoms with Gasteiger partial charge >= 0.3 is 0 Å². The highest BCUT2D eigenvalue weighted by Crippen LogP contribution is 2.32. The molecule has 24 heavy (non-hydrogen) atoms. The summed E-state index contributed by atoms with van der Waals surface area (Å²) in [6.07, 6.45) is 4.58. The summed E-state index contributed by atoms with van der Waals surface area (Å²) in [7, 11) is 0. The van der Waals surface area contributed by atoms with Crippen LogP contribution >= 0.6 is 11.6 Å². The van der Waals surface area contributed by atoms with E-state index >= 15 is 0 Å². The standard InChI is InChI=1S/C19H30ClNO.C2H6/c1-15(21-11-8-16(9-12-21)10-13-22)14-19(2,3)17-4-6-18(20)7-5-17;1-2/h4-7,15-16,22H,8-14H2,1-3H3;1-2H3. The molecule has 0 aromatic heterocycles. The van der Waals surface area contributed by atoms with Crippen molar-refractivity contribution < 1.29 is 5.11 Å². The summed E-state index contributed by atoms with van der Waals surface area (Å²) < 4.78 is 0. The smallest absolute Gasteiger partial charge is 0.0433 e. The molecular weight excluding hydrogens is 318 g/mol. The van der Waals surface area contributed by atoms with Crippen LogP contribution in [0.2, 0.25) is 5.02 Å². The first-order valence-corrected chi connectivity index (χ1v) is 9.91. The molecule has 0 spiro atoms. The van der Waals surface area contributed by atoms with Crippen LogP contribution in [-0.2, 0) is 5.41 Å². The van der Waals surface area contributed by atoms with E-state index in [1.807, 2.05) is 26.0 Å². The molecule has 0 aliphatic carbocycles. The van der Waals surface area contributed by atoms with Gasteiger partial charge < -0.3 is 10.0 Å². The highest BCUT2D eigenvalue weighted by Gasteiger charge is 2.28. The number of aliphatic hydroxyl groups is 1. The van der Waals surface area contributed by atoms with E-state index < -0.39 is 0 Å². The molecule has 0 radical (unpaired) electrons. The second kappa shape index (κ2) is 10.4. The molecule has 1 fully saturated rings. The molecule has 2 rings (SSSR count). The highest BCUT2D eigenvalue weighted by atomic mass is 35.5. The number of nitrogens with zero attached hydrogens (tertiary/aromatic N) is 1. The summed E-state index contributed by atoms with van der Waals surface area (Å²) >= 11 is 6.00. The Labute approximate surface area is 154 Å². The molecule has 1 N–H and O–H groups in total. The number of aliphatic hydroxyl groups excluding tert-OH is 1. The fourth-order valence-electron chi connectivity index (χ4n) is 3.75. The average Bonchev–Trinajstić information content (AvgIpc) is 2.57. The summed E-state index contributed by atoms with van der Waals surface area (Å²) in [6, 6.07) is 8.87. The minimum Gasteiger partial charge on any atom is -0.396 e. The summed E-state index contributed by atoms with van der Waals surface area (Å²) in [5, 5.41) is 9.87. The first-order chi connectivity index (χ1) is 11.4. The Balaban J connectivity index is 0.00000139. The van der Waals surface area contributed by atoms with E-state index in [1.165, 1.54) is 31.5 Å². The molecule has 1 aliphatic rings. The Morgan fingerprint density at radius 3 is 2.21 bits per heavy atom. The van der Waals surface area contributed by atoms with Crippen LogP contribution < -0.4 is 0 Å². The van der Waals surface area contributed by atoms with Crippen molar-refractivity contribution in [3.8, 4) is 0 Å². The van der Waals surface area contributed by atoms with E-state index in [4.69, 9.17) is 16.7 Å². The van der Waals surface area contributed by atoms with Crippen LogP contribution in [0, 0.1) is 5.92 Å². The maximum atomic E-state index is 9.07. The van der Waals surface area contributed by atoms with Gasteiger partial charge in [0, 0.05) is 17.7 Å². The SMILES string of the molecule is CC.CC(CC(C)(C)c1ccc(Cl)cc1)N1CCC(CCO)CC1. The fraction of sp³-hybridized carbons (Fsp3) is 0.714. The van der Waals surface area contributed by atoms with Crippen molar-refractivity contribution in [1.29, 1.82) is 0 Å². The van der Waals surface area contributed by atoms with Gasteiger partial charge in [-0.3, -0.25) is 0 Å². The zero-order valence-electron chi connectivity index (χ0n) is 16.2. The molecule has 1 unspecified atom stereocenters. The van der Waals surface area contributed by atoms with Gasteiger partial charge in [0.15, 0.2) is 0 Å². The maximum Gasteiger partial charge on any atom is 0.0433 e. The van der Waals surface area contributed by atoms with Crippen LogP contribution in [0.3, 0.4) is 0 Å². The third kappa shape index (κ3) is 6.38. The first-order valence-electron chi connectivity index (χ1n) is 9.53. The third-order valence-corrected chi connectivity index (χ3v) is 5.49. The lowest BCUT2D eigenvalue weighted by Crippen LogP contribution is -2.42. The summed E-state index contributed by atoms with van der Waals surface area (Å²) in [5.41, 5.74) is 1.52. The highest BCUT2D eigenvalue weighted by molar-refractivity contribution is 6.30. The van der Waals surface area contributed by atoms with Gasteiger partial charge in [-0.25, -0.2) is 0 Å². The Morgan fingerprint density at radius 1 is 1.17 bits per heavy atom. The Kier molecular flexibility index (Phi) is 9.33. The van der Waals surface area contributed by atoms with Crippen molar-refractivity contribution >= 4 is 11.6 Å². The molecule has 1 saturated heterocycles. The molecule has 1 heterocycles. The number of likely N-dealkylation sites (tertiary alicyclic amines) is 1. The fourth-order valence-corrected chi connectivity index (χ4v) is 3.88. The first kappa shape index (κ1) is 21.5. The molecule has 1 aromatic rings. The minimum absolute atomic E-state index is 0.159. The Hall–Kier alpha value is -0.570. The number of hydrogen-bond acceptors (Lipinski definition) is 2. The summed E-state index contributed by atoms with van der Waals surface area (Å²) in [6.45, 7) is 13.7. The molecule has 1 atom stereocenters. The molecule has 0 bridgehead atoms. The third-order valence-electron chi connectivity index (χ3n) is 5.24. The van der Waals surface area contributed by atoms with Crippen LogP contribution in [-0.4, -0.2) is 35.7 Å². The molecule has 138 valence electrons. The minimum atomic E-state index is 0.159. The number of benzene rings is 1. The van der Waals surface area contributed by atoms with Crippen molar-refractivity contribution in [2.24, 2.45) is 5.92 Å². The van der Waals surface area contributed by atoms with Crippen LogP contribution in [0.4, 0.5) is 0 Å². The predicted octanol–water partition coefficient (Wildman–Crippen LogP) is 5.52. The second-order valence-corrected chi connectivity index (χ2v) is 7.87. The lowest BCUT2D eigenvalue weighted by Gasteiger charge is -2.39. The van der Waals surface area contributed by atoms with E-state index in [0.717, 1.165) is 23.8 Å². The van der Waals surface area contributed by atoms with Crippen LogP contribution in [0.1, 0.15) is 65.9 Å². The summed E-state index contributed by atoms with van der Waals surface area (Å²) in [4.78, 5) is 2.62. The average molecular weight is 354 g/mol. The predicted molar refractivity (Wildman–Crippen MR) is 106 cm³/mol. The lowest BCUT2D eigenvalue weighted by atomic mass is 9.78. The van der Waals surface area contributed by atoms with Gasteiger partial charge in [-0.2, -0.15) is 0 Å². The number of rotatable bonds is 6. The number of halogens is 1. The van der Waals surface area contributed by atoms with E-state index in [0.29, 0.717) is 12.6 Å². The maximum absolute atomic E-state index is 9.07. The van der Waals surface area contributed by atoms with Crippen molar-refractivity contribution in [1.82, 2.24) is 4.90 Å². The molecule has 2 nitrogen and oxygen atoms in total. The topological polar surface area (TPSA) is 23.5 Å². The van der Waals surface area contributed by atoms with Crippen LogP contribution in [0.5, 0.6) is 0 Å². The monoisotopic (exact) mass is 353 g/mol. The van der Waals surface area contributed by atoms with Gasteiger partial charge in [0.25, 0.3) is 0 Å². The van der Waals surface area contributed by atoms with Crippen LogP contribution in [0.25, 0.3) is 0 Å². The van der Waals surface area contributed by atoms with Crippen molar-refractivity contribution in [3.63, 3.8) is 0 Å². The van der Waals surface area contributed by atoms with E-state index in [-0.39, 0.29) is 5.41 Å². The molecule has 1 aliphatic heterocycles. The van der Waals surface area contributed by atoms with Crippen molar-refractivity contribution in [2.75, 3.05) is 19.7 Å². The quantitative estimate of drug-likeness (QED) is 0.728. The van der Waals surface area contributed by atoms with Gasteiger partial charge in [0.2, 0.25) is 0 Å². The van der Waals surface area contributed by atoms with Crippen molar-refractivity contribution in [3.05, 3.63) is 34.9 Å². The van der Waals surface area contributed by atoms with Gasteiger partial charge in [0.1, 0.15) is 0 Å². The van der Waals surface area contributed by atoms with Gasteiger partial charge in [-0.15, -0.1) is 0 Å². The molecule has 1 aromatic carbocycles. The van der Waals surface area contributed by atoms with E-state index in [1.54, 1.807) is 0 Å². The Bertz CT molecular complexity index is 449. The molecule has 0 saturated carbocycles. The molecule has 3 heteroatoms. The Morgan fingerprint density at radius 2 is 1.71 bits per heavy atom. The molecule has 0 amide bonds. The lowest BCUT2D eigenvalue weighted by molar-refractivity contribution is 0.111. The van der Waals surface area contributed by atoms with E-state index in [9.17, 15) is 0 Å². The van der Waals surface area contributed by atoms with Crippen molar-refractivity contribution in [2.45, 2.75) is 71.8 Å². The second-order valence-electron chi connectivity index (χ2n) is 7.44. The van der Waals surface area contributed by atoms with Gasteiger partial charge in [-0.1, -0.05) is 51.4 Å². The van der Waals surface area contributed by atoms with Gasteiger partial charge in [-0.05, 0) is 74.7 Å². The van der Waals surface area contributed by atoms with Gasteiger partial charge in [0.05, 0.1) is 0 Å². The normalized spacial score (nSPS) is 18.0. The zero-order chi connectivity index (χ0) is 18.2. The largest absolute Gasteiger partial charge is 0.396 e. The van der Waals surface area contributed by atoms with Crippen LogP contribution in [0.15, 0.2) is 24.3 Å². The van der Waals surface area contributed by atoms with E-state index in [2.05, 4.69) is 37.8 Å². The number of hydrogen-bond donors (Lipinski definition) is 1. The molecular formula is C21H36ClNO. The number of piperidine rings is 1. The summed E-state index contributed by atoms with van der Waals surface area (Å²) in [5.74, 6) is 0.720.